The van der Waals surface area contributed by atoms with E-state index in [0.29, 0.717) is 17.9 Å². The van der Waals surface area contributed by atoms with E-state index in [2.05, 4.69) is 18.7 Å². The number of morpholine rings is 1. The molecule has 3 heteroatoms. The first-order chi connectivity index (χ1) is 8.74. The second kappa shape index (κ2) is 6.21. The molecule has 0 saturated carbocycles. The van der Waals surface area contributed by atoms with Crippen LogP contribution in [0.4, 0.5) is 0 Å². The predicted molar refractivity (Wildman–Crippen MR) is 72.7 cm³/mol. The number of rotatable bonds is 4. The first-order valence-electron chi connectivity index (χ1n) is 6.89. The fourth-order valence-electron chi connectivity index (χ4n) is 2.67. The van der Waals surface area contributed by atoms with Crippen molar-refractivity contribution in [1.82, 2.24) is 4.90 Å². The third kappa shape index (κ3) is 3.03. The van der Waals surface area contributed by atoms with E-state index >= 15 is 0 Å². The van der Waals surface area contributed by atoms with Gasteiger partial charge in [0.15, 0.2) is 0 Å². The monoisotopic (exact) mass is 249 g/mol. The molecule has 2 atom stereocenters. The van der Waals surface area contributed by atoms with Crippen molar-refractivity contribution in [3.8, 4) is 5.75 Å². The van der Waals surface area contributed by atoms with Gasteiger partial charge >= 0.3 is 0 Å². The zero-order valence-electron chi connectivity index (χ0n) is 11.3. The molecule has 1 aliphatic heterocycles. The summed E-state index contributed by atoms with van der Waals surface area (Å²) >= 11 is 0. The van der Waals surface area contributed by atoms with Gasteiger partial charge in [-0.05, 0) is 30.5 Å². The number of phenols is 1. The summed E-state index contributed by atoms with van der Waals surface area (Å²) in [6.07, 6.45) is 2.52. The van der Waals surface area contributed by atoms with Crippen molar-refractivity contribution in [2.75, 3.05) is 19.7 Å². The highest BCUT2D eigenvalue weighted by atomic mass is 16.5. The Morgan fingerprint density at radius 1 is 1.33 bits per heavy atom. The van der Waals surface area contributed by atoms with Crippen LogP contribution in [0.5, 0.6) is 5.75 Å². The van der Waals surface area contributed by atoms with Crippen LogP contribution in [-0.4, -0.2) is 35.8 Å². The Morgan fingerprint density at radius 2 is 2.06 bits per heavy atom. The van der Waals surface area contributed by atoms with E-state index in [0.717, 1.165) is 32.5 Å². The number of phenolic OH excluding ortho intramolecular Hbond substituents is 1. The molecule has 1 aliphatic rings. The summed E-state index contributed by atoms with van der Waals surface area (Å²) in [7, 11) is 0. The largest absolute Gasteiger partial charge is 0.508 e. The smallest absolute Gasteiger partial charge is 0.115 e. The Morgan fingerprint density at radius 3 is 2.67 bits per heavy atom. The third-order valence-electron chi connectivity index (χ3n) is 3.73. The average molecular weight is 249 g/mol. The summed E-state index contributed by atoms with van der Waals surface area (Å²) < 4.78 is 5.73. The van der Waals surface area contributed by atoms with Crippen molar-refractivity contribution in [2.45, 2.75) is 38.8 Å². The van der Waals surface area contributed by atoms with Gasteiger partial charge in [0.2, 0.25) is 0 Å². The van der Waals surface area contributed by atoms with E-state index in [4.69, 9.17) is 4.74 Å². The molecule has 0 bridgehead atoms. The molecule has 2 rings (SSSR count). The van der Waals surface area contributed by atoms with Crippen molar-refractivity contribution in [3.63, 3.8) is 0 Å². The molecule has 0 spiro atoms. The summed E-state index contributed by atoms with van der Waals surface area (Å²) in [6, 6.07) is 8.04. The summed E-state index contributed by atoms with van der Waals surface area (Å²) in [5, 5.41) is 9.37. The summed E-state index contributed by atoms with van der Waals surface area (Å²) in [5.41, 5.74) is 1.28. The maximum atomic E-state index is 9.37. The van der Waals surface area contributed by atoms with E-state index in [-0.39, 0.29) is 0 Å². The third-order valence-corrected chi connectivity index (χ3v) is 3.73. The number of nitrogens with zero attached hydrogens (tertiary/aromatic N) is 1. The lowest BCUT2D eigenvalue weighted by Crippen LogP contribution is -2.43. The van der Waals surface area contributed by atoms with Gasteiger partial charge in [0.25, 0.3) is 0 Å². The highest BCUT2D eigenvalue weighted by Crippen LogP contribution is 2.27. The molecule has 1 N–H and O–H groups in total. The number of ether oxygens (including phenoxy) is 1. The molecule has 3 nitrogen and oxygen atoms in total. The van der Waals surface area contributed by atoms with Crippen molar-refractivity contribution >= 4 is 0 Å². The van der Waals surface area contributed by atoms with E-state index in [1.54, 1.807) is 12.1 Å². The highest BCUT2D eigenvalue weighted by Gasteiger charge is 2.25. The second-order valence-electron chi connectivity index (χ2n) is 4.91. The van der Waals surface area contributed by atoms with Gasteiger partial charge in [-0.15, -0.1) is 0 Å². The topological polar surface area (TPSA) is 32.7 Å². The molecule has 1 fully saturated rings. The lowest BCUT2D eigenvalue weighted by Gasteiger charge is -2.38. The maximum absolute atomic E-state index is 9.37. The minimum Gasteiger partial charge on any atom is -0.508 e. The molecule has 0 aromatic heterocycles. The standard InChI is InChI=1S/C15H23NO2/c1-3-14-11-16(9-10-18-14)15(4-2)12-5-7-13(17)8-6-12/h5-8,14-15,17H,3-4,9-11H2,1-2H3. The van der Waals surface area contributed by atoms with Crippen LogP contribution in [0, 0.1) is 0 Å². The van der Waals surface area contributed by atoms with Crippen LogP contribution in [0.3, 0.4) is 0 Å². The minimum absolute atomic E-state index is 0.335. The zero-order chi connectivity index (χ0) is 13.0. The number of aromatic hydroxyl groups is 1. The van der Waals surface area contributed by atoms with Crippen LogP contribution in [0.1, 0.15) is 38.3 Å². The highest BCUT2D eigenvalue weighted by molar-refractivity contribution is 5.28. The Kier molecular flexibility index (Phi) is 4.61. The van der Waals surface area contributed by atoms with E-state index in [1.807, 2.05) is 12.1 Å². The average Bonchev–Trinajstić information content (AvgIpc) is 2.42. The Hall–Kier alpha value is -1.06. The first-order valence-corrected chi connectivity index (χ1v) is 6.89. The molecule has 1 saturated heterocycles. The van der Waals surface area contributed by atoms with Crippen LogP contribution >= 0.6 is 0 Å². The zero-order valence-corrected chi connectivity index (χ0v) is 11.3. The minimum atomic E-state index is 0.335. The summed E-state index contributed by atoms with van der Waals surface area (Å²) in [4.78, 5) is 2.50. The van der Waals surface area contributed by atoms with Gasteiger partial charge in [0.1, 0.15) is 5.75 Å². The Labute approximate surface area is 109 Å². The molecule has 1 heterocycles. The van der Waals surface area contributed by atoms with Crippen LogP contribution in [0.2, 0.25) is 0 Å². The van der Waals surface area contributed by atoms with Gasteiger partial charge < -0.3 is 9.84 Å². The van der Waals surface area contributed by atoms with Gasteiger partial charge in [-0.1, -0.05) is 26.0 Å². The van der Waals surface area contributed by atoms with Crippen LogP contribution in [0.25, 0.3) is 0 Å². The van der Waals surface area contributed by atoms with Crippen LogP contribution in [-0.2, 0) is 4.74 Å². The Balaban J connectivity index is 2.10. The molecular weight excluding hydrogens is 226 g/mol. The number of benzene rings is 1. The quantitative estimate of drug-likeness (QED) is 0.890. The summed E-state index contributed by atoms with van der Waals surface area (Å²) in [6.45, 7) is 7.22. The molecule has 1 aromatic rings. The van der Waals surface area contributed by atoms with Crippen molar-refractivity contribution in [3.05, 3.63) is 29.8 Å². The predicted octanol–water partition coefficient (Wildman–Crippen LogP) is 2.95. The fraction of sp³-hybridized carbons (Fsp3) is 0.600. The van der Waals surface area contributed by atoms with E-state index < -0.39 is 0 Å². The molecule has 0 radical (unpaired) electrons. The molecule has 18 heavy (non-hydrogen) atoms. The lowest BCUT2D eigenvalue weighted by atomic mass is 10.0. The van der Waals surface area contributed by atoms with Crippen molar-refractivity contribution < 1.29 is 9.84 Å². The van der Waals surface area contributed by atoms with Crippen LogP contribution < -0.4 is 0 Å². The van der Waals surface area contributed by atoms with Gasteiger partial charge in [-0.25, -0.2) is 0 Å². The fourth-order valence-corrected chi connectivity index (χ4v) is 2.67. The second-order valence-corrected chi connectivity index (χ2v) is 4.91. The molecule has 0 amide bonds. The molecule has 2 unspecified atom stereocenters. The van der Waals surface area contributed by atoms with Crippen LogP contribution in [0.15, 0.2) is 24.3 Å². The van der Waals surface area contributed by atoms with E-state index in [9.17, 15) is 5.11 Å². The molecule has 100 valence electrons. The van der Waals surface area contributed by atoms with Gasteiger partial charge in [-0.2, -0.15) is 0 Å². The van der Waals surface area contributed by atoms with E-state index in [1.165, 1.54) is 5.56 Å². The Bertz CT molecular complexity index is 363. The van der Waals surface area contributed by atoms with Crippen molar-refractivity contribution in [2.24, 2.45) is 0 Å². The van der Waals surface area contributed by atoms with Gasteiger partial charge in [-0.3, -0.25) is 4.90 Å². The maximum Gasteiger partial charge on any atom is 0.115 e. The van der Waals surface area contributed by atoms with Gasteiger partial charge in [0, 0.05) is 19.1 Å². The molecule has 0 aliphatic carbocycles. The molecular formula is C15H23NO2. The summed E-state index contributed by atoms with van der Waals surface area (Å²) in [5.74, 6) is 0.335. The first kappa shape index (κ1) is 13.4. The van der Waals surface area contributed by atoms with Gasteiger partial charge in [0.05, 0.1) is 12.7 Å². The normalized spacial score (nSPS) is 22.9. The van der Waals surface area contributed by atoms with Crippen molar-refractivity contribution in [1.29, 1.82) is 0 Å². The SMILES string of the molecule is CCC1CN(C(CC)c2ccc(O)cc2)CCO1. The number of hydrogen-bond acceptors (Lipinski definition) is 3. The molecule has 1 aromatic carbocycles. The lowest BCUT2D eigenvalue weighted by molar-refractivity contribution is -0.0455. The number of hydrogen-bond donors (Lipinski definition) is 1.